The van der Waals surface area contributed by atoms with Crippen molar-refractivity contribution >= 4 is 11.5 Å². The van der Waals surface area contributed by atoms with Crippen molar-refractivity contribution in [1.29, 1.82) is 0 Å². The van der Waals surface area contributed by atoms with Crippen LogP contribution in [0.3, 0.4) is 0 Å². The van der Waals surface area contributed by atoms with Gasteiger partial charge in [0.1, 0.15) is 5.82 Å². The highest BCUT2D eigenvalue weighted by Gasteiger charge is 2.14. The zero-order valence-corrected chi connectivity index (χ0v) is 11.1. The molecule has 0 saturated carbocycles. The van der Waals surface area contributed by atoms with Crippen molar-refractivity contribution in [1.82, 2.24) is 25.3 Å². The third-order valence-electron chi connectivity index (χ3n) is 3.35. The number of rotatable bonds is 3. The van der Waals surface area contributed by atoms with Gasteiger partial charge in [0.05, 0.1) is 6.04 Å². The van der Waals surface area contributed by atoms with E-state index in [4.69, 9.17) is 0 Å². The van der Waals surface area contributed by atoms with E-state index in [2.05, 4.69) is 20.6 Å². The van der Waals surface area contributed by atoms with Gasteiger partial charge in [-0.05, 0) is 47.2 Å². The van der Waals surface area contributed by atoms with Crippen LogP contribution in [-0.4, -0.2) is 32.3 Å². The molecule has 7 heteroatoms. The minimum atomic E-state index is -0.239. The van der Waals surface area contributed by atoms with Crippen molar-refractivity contribution in [3.63, 3.8) is 0 Å². The monoisotopic (exact) mass is 272 g/mol. The molecule has 0 bridgehead atoms. The van der Waals surface area contributed by atoms with Crippen LogP contribution in [0.1, 0.15) is 18.5 Å². The number of benzene rings is 1. The Bertz CT molecular complexity index is 723. The highest BCUT2D eigenvalue weighted by atomic mass is 19.1. The maximum Gasteiger partial charge on any atom is 0.200 e. The van der Waals surface area contributed by atoms with Crippen LogP contribution >= 0.6 is 0 Å². The second kappa shape index (κ2) is 4.84. The highest BCUT2D eigenvalue weighted by molar-refractivity contribution is 5.45. The summed E-state index contributed by atoms with van der Waals surface area (Å²) in [6.45, 7) is 2.03. The summed E-state index contributed by atoms with van der Waals surface area (Å²) < 4.78 is 14.3. The number of hydrogen-bond acceptors (Lipinski definition) is 5. The van der Waals surface area contributed by atoms with Gasteiger partial charge in [-0.2, -0.15) is 0 Å². The Balaban J connectivity index is 1.90. The first-order valence-electron chi connectivity index (χ1n) is 6.19. The van der Waals surface area contributed by atoms with Crippen LogP contribution < -0.4 is 4.90 Å². The van der Waals surface area contributed by atoms with E-state index in [1.165, 1.54) is 16.8 Å². The van der Waals surface area contributed by atoms with Gasteiger partial charge in [-0.15, -0.1) is 14.8 Å². The van der Waals surface area contributed by atoms with Crippen molar-refractivity contribution in [2.75, 3.05) is 11.9 Å². The lowest BCUT2D eigenvalue weighted by Gasteiger charge is -2.25. The van der Waals surface area contributed by atoms with Gasteiger partial charge in [0.2, 0.25) is 0 Å². The summed E-state index contributed by atoms with van der Waals surface area (Å²) in [6.07, 6.45) is 0. The molecule has 1 atom stereocenters. The summed E-state index contributed by atoms with van der Waals surface area (Å²) in [5.74, 6) is 0.499. The highest BCUT2D eigenvalue weighted by Crippen LogP contribution is 2.23. The molecule has 0 amide bonds. The van der Waals surface area contributed by atoms with E-state index < -0.39 is 0 Å². The average Bonchev–Trinajstić information content (AvgIpc) is 2.94. The number of halogens is 1. The number of anilines is 1. The molecule has 20 heavy (non-hydrogen) atoms. The standard InChI is InChI=1S/C13H13FN6/c1-9(10-3-5-11(14)6-4-10)19(2)13-8-7-12-15-17-18-20(12)16-13/h3-9H,1-2H3/t9-/m0/s1. The molecule has 0 aliphatic rings. The van der Waals surface area contributed by atoms with Gasteiger partial charge in [-0.3, -0.25) is 0 Å². The Kier molecular flexibility index (Phi) is 3.02. The molecule has 6 nitrogen and oxygen atoms in total. The van der Waals surface area contributed by atoms with Gasteiger partial charge in [-0.25, -0.2) is 4.39 Å². The molecule has 0 saturated heterocycles. The summed E-state index contributed by atoms with van der Waals surface area (Å²) in [7, 11) is 1.92. The zero-order valence-electron chi connectivity index (χ0n) is 11.1. The second-order valence-electron chi connectivity index (χ2n) is 4.56. The minimum absolute atomic E-state index is 0.0528. The van der Waals surface area contributed by atoms with E-state index in [1.54, 1.807) is 18.2 Å². The van der Waals surface area contributed by atoms with E-state index >= 15 is 0 Å². The number of fused-ring (bicyclic) bond motifs is 1. The predicted octanol–water partition coefficient (Wildman–Crippen LogP) is 1.86. The van der Waals surface area contributed by atoms with Gasteiger partial charge < -0.3 is 4.90 Å². The number of nitrogens with zero attached hydrogens (tertiary/aromatic N) is 6. The van der Waals surface area contributed by atoms with Crippen molar-refractivity contribution < 1.29 is 4.39 Å². The molecule has 0 unspecified atom stereocenters. The molecule has 102 valence electrons. The summed E-state index contributed by atoms with van der Waals surface area (Å²) >= 11 is 0. The molecule has 0 fully saturated rings. The summed E-state index contributed by atoms with van der Waals surface area (Å²) in [5, 5.41) is 15.5. The quantitative estimate of drug-likeness (QED) is 0.728. The molecule has 0 N–H and O–H groups in total. The molecule has 1 aromatic carbocycles. The molecule has 0 spiro atoms. The number of tetrazole rings is 1. The number of hydrogen-bond donors (Lipinski definition) is 0. The van der Waals surface area contributed by atoms with E-state index in [0.717, 1.165) is 11.4 Å². The lowest BCUT2D eigenvalue weighted by atomic mass is 10.1. The molecule has 2 aromatic heterocycles. The molecule has 0 radical (unpaired) electrons. The summed E-state index contributed by atoms with van der Waals surface area (Å²) in [5.41, 5.74) is 1.60. The van der Waals surface area contributed by atoms with Crippen molar-refractivity contribution in [3.05, 3.63) is 47.8 Å². The fourth-order valence-electron chi connectivity index (χ4n) is 1.99. The summed E-state index contributed by atoms with van der Waals surface area (Å²) in [4.78, 5) is 1.98. The van der Waals surface area contributed by atoms with Crippen LogP contribution in [0.4, 0.5) is 10.2 Å². The molecular weight excluding hydrogens is 259 g/mol. The molecule has 0 aliphatic carbocycles. The van der Waals surface area contributed by atoms with Crippen LogP contribution in [0, 0.1) is 5.82 Å². The zero-order chi connectivity index (χ0) is 14.1. The first kappa shape index (κ1) is 12.5. The van der Waals surface area contributed by atoms with E-state index in [1.807, 2.05) is 24.9 Å². The Morgan fingerprint density at radius 2 is 1.90 bits per heavy atom. The third kappa shape index (κ3) is 2.18. The topological polar surface area (TPSA) is 59.2 Å². The van der Waals surface area contributed by atoms with Crippen molar-refractivity contribution in [2.45, 2.75) is 13.0 Å². The molecular formula is C13H13FN6. The van der Waals surface area contributed by atoms with Gasteiger partial charge in [0.25, 0.3) is 0 Å². The molecule has 3 aromatic rings. The van der Waals surface area contributed by atoms with E-state index in [9.17, 15) is 4.39 Å². The maximum atomic E-state index is 13.0. The average molecular weight is 272 g/mol. The van der Waals surface area contributed by atoms with Gasteiger partial charge >= 0.3 is 0 Å². The Labute approximate surface area is 114 Å². The Hall–Kier alpha value is -2.57. The van der Waals surface area contributed by atoms with Crippen molar-refractivity contribution in [2.24, 2.45) is 0 Å². The predicted molar refractivity (Wildman–Crippen MR) is 71.8 cm³/mol. The fourth-order valence-corrected chi connectivity index (χ4v) is 1.99. The number of aromatic nitrogens is 5. The molecule has 3 rings (SSSR count). The normalized spacial score (nSPS) is 12.6. The van der Waals surface area contributed by atoms with E-state index in [-0.39, 0.29) is 11.9 Å². The van der Waals surface area contributed by atoms with Crippen LogP contribution in [0.2, 0.25) is 0 Å². The largest absolute Gasteiger partial charge is 0.351 e. The van der Waals surface area contributed by atoms with Crippen LogP contribution in [0.25, 0.3) is 5.65 Å². The first-order valence-corrected chi connectivity index (χ1v) is 6.19. The minimum Gasteiger partial charge on any atom is -0.351 e. The van der Waals surface area contributed by atoms with Crippen LogP contribution in [0.15, 0.2) is 36.4 Å². The van der Waals surface area contributed by atoms with Gasteiger partial charge in [-0.1, -0.05) is 12.1 Å². The van der Waals surface area contributed by atoms with Gasteiger partial charge in [0.15, 0.2) is 11.5 Å². The smallest absolute Gasteiger partial charge is 0.200 e. The van der Waals surface area contributed by atoms with E-state index in [0.29, 0.717) is 5.65 Å². The summed E-state index contributed by atoms with van der Waals surface area (Å²) in [6, 6.07) is 10.2. The maximum absolute atomic E-state index is 13.0. The van der Waals surface area contributed by atoms with Crippen molar-refractivity contribution in [3.8, 4) is 0 Å². The molecule has 0 aliphatic heterocycles. The van der Waals surface area contributed by atoms with Crippen LogP contribution in [-0.2, 0) is 0 Å². The Morgan fingerprint density at radius 3 is 2.65 bits per heavy atom. The lowest BCUT2D eigenvalue weighted by molar-refractivity contribution is 0.624. The molecule has 2 heterocycles. The lowest BCUT2D eigenvalue weighted by Crippen LogP contribution is -2.23. The first-order chi connectivity index (χ1) is 9.65. The third-order valence-corrected chi connectivity index (χ3v) is 3.35. The second-order valence-corrected chi connectivity index (χ2v) is 4.56. The van der Waals surface area contributed by atoms with Gasteiger partial charge in [0, 0.05) is 7.05 Å². The Morgan fingerprint density at radius 1 is 1.15 bits per heavy atom. The SMILES string of the molecule is C[C@@H](c1ccc(F)cc1)N(C)c1ccc2nnnn2n1. The van der Waals surface area contributed by atoms with Crippen LogP contribution in [0.5, 0.6) is 0 Å². The fraction of sp³-hybridized carbons (Fsp3) is 0.231.